The predicted molar refractivity (Wildman–Crippen MR) is 80.5 cm³/mol. The maximum absolute atomic E-state index is 12.8. The number of carbonyl (C=O) groups is 1. The van der Waals surface area contributed by atoms with Gasteiger partial charge in [0, 0.05) is 6.07 Å². The van der Waals surface area contributed by atoms with Crippen LogP contribution in [0.1, 0.15) is 29.8 Å². The number of rotatable bonds is 3. The van der Waals surface area contributed by atoms with Crippen molar-refractivity contribution in [3.63, 3.8) is 0 Å². The minimum absolute atomic E-state index is 0.0971. The Morgan fingerprint density at radius 2 is 1.86 bits per heavy atom. The minimum Gasteiger partial charge on any atom is -0.489 e. The second-order valence-electron chi connectivity index (χ2n) is 5.33. The molecule has 4 heteroatoms. The topological polar surface area (TPSA) is 35.5 Å². The van der Waals surface area contributed by atoms with Gasteiger partial charge in [0.15, 0.2) is 5.76 Å². The lowest BCUT2D eigenvalue weighted by molar-refractivity contribution is 0.101. The normalized spacial score (nSPS) is 12.9. The van der Waals surface area contributed by atoms with Crippen molar-refractivity contribution in [3.05, 3.63) is 70.7 Å². The van der Waals surface area contributed by atoms with Crippen LogP contribution in [-0.2, 0) is 6.61 Å². The van der Waals surface area contributed by atoms with Gasteiger partial charge in [-0.05, 0) is 49.2 Å². The molecule has 0 bridgehead atoms. The highest BCUT2D eigenvalue weighted by Gasteiger charge is 2.28. The zero-order chi connectivity index (χ0) is 15.7. The summed E-state index contributed by atoms with van der Waals surface area (Å²) in [4.78, 5) is 12.1. The molecule has 0 spiro atoms. The summed E-state index contributed by atoms with van der Waals surface area (Å²) in [6, 6.07) is 11.3. The largest absolute Gasteiger partial charge is 0.489 e. The van der Waals surface area contributed by atoms with E-state index in [1.165, 1.54) is 12.1 Å². The van der Waals surface area contributed by atoms with E-state index in [1.807, 2.05) is 13.8 Å². The number of Topliss-reactive ketones (excluding diaryl/α,β-unsaturated/α-hetero) is 1. The molecule has 3 rings (SSSR count). The Hall–Kier alpha value is -2.62. The zero-order valence-corrected chi connectivity index (χ0v) is 12.4. The van der Waals surface area contributed by atoms with Crippen LogP contribution in [0.25, 0.3) is 0 Å². The first kappa shape index (κ1) is 14.3. The molecule has 0 atom stereocenters. The van der Waals surface area contributed by atoms with Crippen molar-refractivity contribution in [2.75, 3.05) is 0 Å². The fourth-order valence-electron chi connectivity index (χ4n) is 2.22. The molecular formula is C18H15FO3. The average Bonchev–Trinajstić information content (AvgIpc) is 2.84. The summed E-state index contributed by atoms with van der Waals surface area (Å²) >= 11 is 0. The van der Waals surface area contributed by atoms with Crippen LogP contribution in [0.5, 0.6) is 11.5 Å². The summed E-state index contributed by atoms with van der Waals surface area (Å²) in [5.41, 5.74) is 2.25. The van der Waals surface area contributed by atoms with Crippen molar-refractivity contribution in [3.8, 4) is 11.5 Å². The van der Waals surface area contributed by atoms with Gasteiger partial charge < -0.3 is 9.47 Å². The molecule has 0 saturated carbocycles. The van der Waals surface area contributed by atoms with E-state index in [0.717, 1.165) is 11.1 Å². The highest BCUT2D eigenvalue weighted by atomic mass is 19.1. The number of allylic oxidation sites excluding steroid dienone is 2. The van der Waals surface area contributed by atoms with E-state index in [2.05, 4.69) is 0 Å². The van der Waals surface area contributed by atoms with Crippen molar-refractivity contribution in [1.29, 1.82) is 0 Å². The van der Waals surface area contributed by atoms with E-state index < -0.39 is 0 Å². The Kier molecular flexibility index (Phi) is 3.67. The Labute approximate surface area is 128 Å². The number of hydrogen-bond donors (Lipinski definition) is 0. The van der Waals surface area contributed by atoms with Crippen LogP contribution in [0, 0.1) is 5.82 Å². The monoisotopic (exact) mass is 298 g/mol. The molecule has 1 aliphatic rings. The van der Waals surface area contributed by atoms with Crippen molar-refractivity contribution in [2.45, 2.75) is 20.5 Å². The summed E-state index contributed by atoms with van der Waals surface area (Å²) in [5.74, 6) is 1.12. The number of fused-ring (bicyclic) bond motifs is 1. The standard InChI is InChI=1S/C18H15FO3/c1-11(2)18-17(20)15-8-7-14(9-16(15)22-18)21-10-12-3-5-13(19)6-4-12/h3-9H,10H2,1-2H3. The number of ether oxygens (including phenoxy) is 2. The van der Waals surface area contributed by atoms with Gasteiger partial charge in [-0.25, -0.2) is 4.39 Å². The van der Waals surface area contributed by atoms with Gasteiger partial charge in [-0.15, -0.1) is 0 Å². The molecule has 0 saturated heterocycles. The Balaban J connectivity index is 1.76. The number of carbonyl (C=O) groups excluding carboxylic acids is 1. The van der Waals surface area contributed by atoms with Crippen LogP contribution in [-0.4, -0.2) is 5.78 Å². The van der Waals surface area contributed by atoms with Gasteiger partial charge in [0.1, 0.15) is 23.9 Å². The molecule has 2 aromatic rings. The molecule has 1 aliphatic heterocycles. The van der Waals surface area contributed by atoms with Crippen molar-refractivity contribution in [1.82, 2.24) is 0 Å². The van der Waals surface area contributed by atoms with Crippen LogP contribution in [0.2, 0.25) is 0 Å². The van der Waals surface area contributed by atoms with Gasteiger partial charge in [0.05, 0.1) is 5.56 Å². The molecule has 1 heterocycles. The van der Waals surface area contributed by atoms with Gasteiger partial charge in [0.25, 0.3) is 0 Å². The summed E-state index contributed by atoms with van der Waals surface area (Å²) in [6.07, 6.45) is 0. The number of hydrogen-bond acceptors (Lipinski definition) is 3. The Morgan fingerprint density at radius 3 is 2.55 bits per heavy atom. The average molecular weight is 298 g/mol. The highest BCUT2D eigenvalue weighted by Crippen LogP contribution is 2.35. The first-order valence-corrected chi connectivity index (χ1v) is 6.96. The van der Waals surface area contributed by atoms with Crippen molar-refractivity contribution < 1.29 is 18.7 Å². The number of benzene rings is 2. The van der Waals surface area contributed by atoms with Crippen molar-refractivity contribution in [2.24, 2.45) is 0 Å². The van der Waals surface area contributed by atoms with Crippen LogP contribution in [0.4, 0.5) is 4.39 Å². The molecule has 0 aromatic heterocycles. The molecule has 0 amide bonds. The molecule has 0 fully saturated rings. The van der Waals surface area contributed by atoms with Crippen LogP contribution < -0.4 is 9.47 Å². The quantitative estimate of drug-likeness (QED) is 0.794. The third-order valence-electron chi connectivity index (χ3n) is 3.39. The second kappa shape index (κ2) is 5.64. The van der Waals surface area contributed by atoms with Gasteiger partial charge in [-0.2, -0.15) is 0 Å². The van der Waals surface area contributed by atoms with Crippen LogP contribution in [0.3, 0.4) is 0 Å². The van der Waals surface area contributed by atoms with Gasteiger partial charge >= 0.3 is 0 Å². The van der Waals surface area contributed by atoms with E-state index in [0.29, 0.717) is 29.4 Å². The minimum atomic E-state index is -0.276. The Bertz CT molecular complexity index is 756. The van der Waals surface area contributed by atoms with E-state index in [4.69, 9.17) is 9.47 Å². The van der Waals surface area contributed by atoms with E-state index >= 15 is 0 Å². The first-order chi connectivity index (χ1) is 10.5. The lowest BCUT2D eigenvalue weighted by atomic mass is 10.1. The van der Waals surface area contributed by atoms with Gasteiger partial charge in [-0.3, -0.25) is 4.79 Å². The van der Waals surface area contributed by atoms with E-state index in [9.17, 15) is 9.18 Å². The Morgan fingerprint density at radius 1 is 1.14 bits per heavy atom. The summed E-state index contributed by atoms with van der Waals surface area (Å²) in [7, 11) is 0. The molecular weight excluding hydrogens is 283 g/mol. The third kappa shape index (κ3) is 2.72. The van der Waals surface area contributed by atoms with Crippen LogP contribution in [0.15, 0.2) is 53.8 Å². The molecule has 112 valence electrons. The highest BCUT2D eigenvalue weighted by molar-refractivity contribution is 6.12. The maximum Gasteiger partial charge on any atom is 0.231 e. The second-order valence-corrected chi connectivity index (χ2v) is 5.33. The maximum atomic E-state index is 12.8. The molecule has 3 nitrogen and oxygen atoms in total. The smallest absolute Gasteiger partial charge is 0.231 e. The lowest BCUT2D eigenvalue weighted by Crippen LogP contribution is -2.00. The fourth-order valence-corrected chi connectivity index (χ4v) is 2.22. The predicted octanol–water partition coefficient (Wildman–Crippen LogP) is 4.27. The molecule has 22 heavy (non-hydrogen) atoms. The SMILES string of the molecule is CC(C)=C1Oc2cc(OCc3ccc(F)cc3)ccc2C1=O. The molecule has 0 radical (unpaired) electrons. The lowest BCUT2D eigenvalue weighted by Gasteiger charge is -2.07. The summed E-state index contributed by atoms with van der Waals surface area (Å²) < 4.78 is 24.1. The molecule has 0 unspecified atom stereocenters. The van der Waals surface area contributed by atoms with Crippen LogP contribution >= 0.6 is 0 Å². The van der Waals surface area contributed by atoms with Gasteiger partial charge in [0.2, 0.25) is 5.78 Å². The number of halogens is 1. The molecule has 0 N–H and O–H groups in total. The van der Waals surface area contributed by atoms with Crippen molar-refractivity contribution >= 4 is 5.78 Å². The fraction of sp³-hybridized carbons (Fsp3) is 0.167. The van der Waals surface area contributed by atoms with E-state index in [1.54, 1.807) is 30.3 Å². The molecule has 0 aliphatic carbocycles. The van der Waals surface area contributed by atoms with Gasteiger partial charge in [-0.1, -0.05) is 12.1 Å². The third-order valence-corrected chi connectivity index (χ3v) is 3.39. The summed E-state index contributed by atoms with van der Waals surface area (Å²) in [6.45, 7) is 4.00. The number of ketones is 1. The summed E-state index contributed by atoms with van der Waals surface area (Å²) in [5, 5.41) is 0. The molecule has 2 aromatic carbocycles. The zero-order valence-electron chi connectivity index (χ0n) is 12.4. The van der Waals surface area contributed by atoms with E-state index in [-0.39, 0.29) is 11.6 Å². The first-order valence-electron chi connectivity index (χ1n) is 6.96.